The van der Waals surface area contributed by atoms with Crippen LogP contribution in [0.4, 0.5) is 0 Å². The minimum Gasteiger partial charge on any atom is -0.353 e. The van der Waals surface area contributed by atoms with Gasteiger partial charge in [-0.2, -0.15) is 0 Å². The van der Waals surface area contributed by atoms with E-state index < -0.39 is 0 Å². The number of allylic oxidation sites excluding steroid dienone is 2. The summed E-state index contributed by atoms with van der Waals surface area (Å²) in [6, 6.07) is 0. The van der Waals surface area contributed by atoms with Gasteiger partial charge in [-0.05, 0) is 6.32 Å². The van der Waals surface area contributed by atoms with Gasteiger partial charge < -0.3 is 4.90 Å². The van der Waals surface area contributed by atoms with Crippen molar-refractivity contribution in [2.24, 2.45) is 4.90 Å². The van der Waals surface area contributed by atoms with Crippen LogP contribution in [-0.4, -0.2) is 13.6 Å². The molecule has 0 N–H and O–H groups in total. The van der Waals surface area contributed by atoms with Crippen LogP contribution in [0, 0.1) is 0 Å². The van der Waals surface area contributed by atoms with Crippen LogP contribution in [0.15, 0.2) is 17.1 Å². The first-order valence-electron chi connectivity index (χ1n) is 2.15. The molecule has 1 rings (SSSR count). The van der Waals surface area contributed by atoms with Crippen LogP contribution in [0.3, 0.4) is 0 Å². The first-order chi connectivity index (χ1) is 3.00. The first kappa shape index (κ1) is 3.66. The number of hydrogen-bond donors (Lipinski definition) is 0. The van der Waals surface area contributed by atoms with E-state index in [9.17, 15) is 0 Å². The van der Waals surface area contributed by atoms with Gasteiger partial charge >= 0.3 is 0 Å². The summed E-state index contributed by atoms with van der Waals surface area (Å²) in [7, 11) is 0.983. The quantitative estimate of drug-likeness (QED) is 0.372. The fraction of sp³-hybridized carbons (Fsp3) is 0.250. The van der Waals surface area contributed by atoms with Gasteiger partial charge in [-0.1, -0.05) is 12.2 Å². The Kier molecular flexibility index (Phi) is 1.10. The molecule has 2 heteroatoms. The normalized spacial score (nSPS) is 17.3. The summed E-state index contributed by atoms with van der Waals surface area (Å²) in [5.74, 6) is 0. The molecule has 0 saturated heterocycles. The molecule has 0 aromatic rings. The molecule has 0 aromatic heterocycles. The third-order valence-electron chi connectivity index (χ3n) is 0.752. The lowest BCUT2D eigenvalue weighted by Gasteiger charge is -1.86. The van der Waals surface area contributed by atoms with Crippen molar-refractivity contribution in [3.8, 4) is 0 Å². The average molecular weight is 78.9 g/mol. The predicted octanol–water partition coefficient (Wildman–Crippen LogP) is 0.397. The maximum Gasteiger partial charge on any atom is 0.265 e. The Morgan fingerprint density at radius 1 is 1.67 bits per heavy atom. The minimum absolute atomic E-state index is 0.983. The lowest BCUT2D eigenvalue weighted by atomic mass is 9.89. The molecule has 0 fully saturated rings. The summed E-state index contributed by atoms with van der Waals surface area (Å²) in [6.45, 7) is 0. The van der Waals surface area contributed by atoms with E-state index in [2.05, 4.69) is 11.0 Å². The van der Waals surface area contributed by atoms with Crippen LogP contribution < -0.4 is 0 Å². The molecule has 6 heavy (non-hydrogen) atoms. The fourth-order valence-electron chi connectivity index (χ4n) is 0.442. The lowest BCUT2D eigenvalue weighted by Crippen LogP contribution is -1.85. The summed E-state index contributed by atoms with van der Waals surface area (Å²) >= 11 is 0. The Morgan fingerprint density at radius 2 is 2.67 bits per heavy atom. The zero-order valence-corrected chi connectivity index (χ0v) is 3.59. The Balaban J connectivity index is 2.46. The maximum atomic E-state index is 3.97. The average Bonchev–Trinajstić information content (AvgIpc) is 1.72. The molecule has 0 aromatic carbocycles. The zero-order valence-electron chi connectivity index (χ0n) is 3.59. The SMILES string of the molecule is B1CC=CC=N1. The van der Waals surface area contributed by atoms with Crippen LogP contribution in [0.2, 0.25) is 6.32 Å². The Labute approximate surface area is 38.0 Å². The van der Waals surface area contributed by atoms with Gasteiger partial charge in [-0.15, -0.1) is 0 Å². The van der Waals surface area contributed by atoms with E-state index in [0.717, 1.165) is 13.7 Å². The third-order valence-corrected chi connectivity index (χ3v) is 0.752. The van der Waals surface area contributed by atoms with Crippen molar-refractivity contribution >= 4 is 13.6 Å². The predicted molar refractivity (Wildman–Crippen MR) is 29.6 cm³/mol. The Morgan fingerprint density at radius 3 is 2.83 bits per heavy atom. The maximum absolute atomic E-state index is 3.97. The topological polar surface area (TPSA) is 12.4 Å². The first-order valence-corrected chi connectivity index (χ1v) is 2.15. The second-order valence-electron chi connectivity index (χ2n) is 1.27. The Bertz CT molecular complexity index is 73.5. The van der Waals surface area contributed by atoms with Crippen molar-refractivity contribution in [3.63, 3.8) is 0 Å². The minimum atomic E-state index is 0.983. The Hall–Kier alpha value is -0.525. The molecule has 0 saturated carbocycles. The van der Waals surface area contributed by atoms with Gasteiger partial charge in [0.05, 0.1) is 0 Å². The van der Waals surface area contributed by atoms with Crippen molar-refractivity contribution < 1.29 is 0 Å². The van der Waals surface area contributed by atoms with Crippen molar-refractivity contribution in [1.82, 2.24) is 0 Å². The molecule has 0 radical (unpaired) electrons. The summed E-state index contributed by atoms with van der Waals surface area (Å²) in [4.78, 5) is 3.97. The number of nitrogens with zero attached hydrogens (tertiary/aromatic N) is 1. The molecule has 30 valence electrons. The molecular weight excluding hydrogens is 72.9 g/mol. The second-order valence-corrected chi connectivity index (χ2v) is 1.27. The largest absolute Gasteiger partial charge is 0.353 e. The van der Waals surface area contributed by atoms with Crippen molar-refractivity contribution in [2.45, 2.75) is 6.32 Å². The van der Waals surface area contributed by atoms with Crippen LogP contribution in [-0.2, 0) is 0 Å². The molecule has 0 unspecified atom stereocenters. The summed E-state index contributed by atoms with van der Waals surface area (Å²) in [6.07, 6.45) is 7.05. The van der Waals surface area contributed by atoms with Crippen molar-refractivity contribution in [1.29, 1.82) is 0 Å². The van der Waals surface area contributed by atoms with Crippen LogP contribution in [0.1, 0.15) is 0 Å². The standard InChI is InChI=1S/C4H6BN/c1-2-4-6-5-3-1/h1-2,4-5H,3H2. The molecule has 0 spiro atoms. The monoisotopic (exact) mass is 79.1 g/mol. The van der Waals surface area contributed by atoms with Gasteiger partial charge in [0.25, 0.3) is 7.41 Å². The molecule has 1 nitrogen and oxygen atoms in total. The van der Waals surface area contributed by atoms with E-state index in [1.54, 1.807) is 0 Å². The highest BCUT2D eigenvalue weighted by Crippen LogP contribution is 1.85. The number of rotatable bonds is 0. The van der Waals surface area contributed by atoms with Gasteiger partial charge in [-0.25, -0.2) is 0 Å². The van der Waals surface area contributed by atoms with E-state index in [0.29, 0.717) is 0 Å². The molecule has 0 aliphatic carbocycles. The van der Waals surface area contributed by atoms with E-state index in [-0.39, 0.29) is 0 Å². The smallest absolute Gasteiger partial charge is 0.265 e. The van der Waals surface area contributed by atoms with Crippen molar-refractivity contribution in [2.75, 3.05) is 0 Å². The van der Waals surface area contributed by atoms with E-state index in [4.69, 9.17) is 0 Å². The summed E-state index contributed by atoms with van der Waals surface area (Å²) < 4.78 is 0. The molecule has 1 aliphatic heterocycles. The van der Waals surface area contributed by atoms with E-state index >= 15 is 0 Å². The van der Waals surface area contributed by atoms with Gasteiger partial charge in [-0.3, -0.25) is 0 Å². The molecule has 0 atom stereocenters. The van der Waals surface area contributed by atoms with Crippen LogP contribution in [0.25, 0.3) is 0 Å². The highest BCUT2D eigenvalue weighted by molar-refractivity contribution is 6.36. The summed E-state index contributed by atoms with van der Waals surface area (Å²) in [5.41, 5.74) is 0. The molecule has 1 aliphatic rings. The molecule has 0 amide bonds. The zero-order chi connectivity index (χ0) is 4.24. The van der Waals surface area contributed by atoms with Gasteiger partial charge in [0.2, 0.25) is 0 Å². The second kappa shape index (κ2) is 1.80. The lowest BCUT2D eigenvalue weighted by molar-refractivity contribution is 1.61. The van der Waals surface area contributed by atoms with E-state index in [1.807, 2.05) is 12.3 Å². The highest BCUT2D eigenvalue weighted by Gasteiger charge is 1.82. The van der Waals surface area contributed by atoms with Gasteiger partial charge in [0.15, 0.2) is 0 Å². The van der Waals surface area contributed by atoms with E-state index in [1.165, 1.54) is 0 Å². The van der Waals surface area contributed by atoms with Crippen molar-refractivity contribution in [3.05, 3.63) is 12.2 Å². The summed E-state index contributed by atoms with van der Waals surface area (Å²) in [5, 5.41) is 0. The van der Waals surface area contributed by atoms with Gasteiger partial charge in [0.1, 0.15) is 0 Å². The fourth-order valence-corrected chi connectivity index (χ4v) is 0.442. The molecular formula is C4H6BN. The number of hydrogen-bond acceptors (Lipinski definition) is 1. The van der Waals surface area contributed by atoms with Gasteiger partial charge in [0, 0.05) is 6.21 Å². The highest BCUT2D eigenvalue weighted by atomic mass is 14.6. The molecule has 1 heterocycles. The van der Waals surface area contributed by atoms with Crippen LogP contribution in [0.5, 0.6) is 0 Å². The molecule has 0 bridgehead atoms. The third kappa shape index (κ3) is 0.710. The van der Waals surface area contributed by atoms with Crippen LogP contribution >= 0.6 is 0 Å².